The molecule has 1 aromatic rings. The Morgan fingerprint density at radius 2 is 2.04 bits per heavy atom. The number of pyridine rings is 1. The zero-order valence-electron chi connectivity index (χ0n) is 16.3. The van der Waals surface area contributed by atoms with Gasteiger partial charge in [-0.25, -0.2) is 9.78 Å². The first-order valence-corrected chi connectivity index (χ1v) is 10.2. The molecule has 6 nitrogen and oxygen atoms in total. The highest BCUT2D eigenvalue weighted by molar-refractivity contribution is 6.29. The van der Waals surface area contributed by atoms with Crippen molar-refractivity contribution >= 4 is 23.4 Å². The van der Waals surface area contributed by atoms with Crippen molar-refractivity contribution in [3.05, 3.63) is 23.0 Å². The number of piperidine rings is 1. The summed E-state index contributed by atoms with van der Waals surface area (Å²) >= 11 is 6.35. The average Bonchev–Trinajstić information content (AvgIpc) is 3.23. The topological polar surface area (TPSA) is 54.9 Å². The number of hydrogen-bond acceptors (Lipinski definition) is 5. The Kier molecular flexibility index (Phi) is 4.97. The van der Waals surface area contributed by atoms with E-state index < -0.39 is 5.60 Å². The van der Waals surface area contributed by atoms with Gasteiger partial charge in [0, 0.05) is 36.9 Å². The van der Waals surface area contributed by atoms with Gasteiger partial charge in [-0.2, -0.15) is 0 Å². The average molecular weight is 394 g/mol. The van der Waals surface area contributed by atoms with E-state index in [0.717, 1.165) is 43.8 Å². The molecule has 3 fully saturated rings. The zero-order chi connectivity index (χ0) is 19.2. The van der Waals surface area contributed by atoms with Gasteiger partial charge in [0.25, 0.3) is 0 Å². The van der Waals surface area contributed by atoms with E-state index in [1.54, 1.807) is 4.90 Å². The zero-order valence-corrected chi connectivity index (χ0v) is 17.0. The number of rotatable bonds is 2. The van der Waals surface area contributed by atoms with Crippen LogP contribution in [-0.2, 0) is 9.47 Å². The highest BCUT2D eigenvalue weighted by atomic mass is 35.5. The smallest absolute Gasteiger partial charge is 0.410 e. The van der Waals surface area contributed by atoms with E-state index in [1.807, 2.05) is 26.8 Å². The molecule has 2 unspecified atom stereocenters. The quantitative estimate of drug-likeness (QED) is 0.715. The second-order valence-electron chi connectivity index (χ2n) is 8.81. The lowest BCUT2D eigenvalue weighted by molar-refractivity contribution is 0.0204. The number of amides is 1. The van der Waals surface area contributed by atoms with E-state index in [9.17, 15) is 4.79 Å². The minimum Gasteiger partial charge on any atom is -0.444 e. The van der Waals surface area contributed by atoms with Crippen LogP contribution in [0, 0.1) is 0 Å². The van der Waals surface area contributed by atoms with Crippen molar-refractivity contribution in [2.24, 2.45) is 0 Å². The van der Waals surface area contributed by atoms with Gasteiger partial charge in [-0.1, -0.05) is 11.6 Å². The molecule has 1 amide bonds. The Labute approximate surface area is 165 Å². The van der Waals surface area contributed by atoms with E-state index >= 15 is 0 Å². The summed E-state index contributed by atoms with van der Waals surface area (Å²) in [6, 6.07) is 4.59. The number of nitrogens with zero attached hydrogens (tertiary/aromatic N) is 3. The van der Waals surface area contributed by atoms with Crippen molar-refractivity contribution in [1.82, 2.24) is 9.88 Å². The molecule has 0 aromatic carbocycles. The second-order valence-corrected chi connectivity index (χ2v) is 9.20. The fourth-order valence-corrected chi connectivity index (χ4v) is 4.49. The molecule has 0 aliphatic carbocycles. The predicted molar refractivity (Wildman–Crippen MR) is 105 cm³/mol. The lowest BCUT2D eigenvalue weighted by atomic mass is 9.93. The van der Waals surface area contributed by atoms with Gasteiger partial charge in [0.2, 0.25) is 0 Å². The highest BCUT2D eigenvalue weighted by Gasteiger charge is 2.39. The normalized spacial score (nSPS) is 25.9. The minimum absolute atomic E-state index is 0.228. The third-order valence-corrected chi connectivity index (χ3v) is 5.79. The summed E-state index contributed by atoms with van der Waals surface area (Å²) in [6.45, 7) is 8.79. The molecule has 7 heteroatoms. The highest BCUT2D eigenvalue weighted by Crippen LogP contribution is 2.36. The van der Waals surface area contributed by atoms with Crippen LogP contribution in [0.3, 0.4) is 0 Å². The molecule has 2 atom stereocenters. The number of aromatic nitrogens is 1. The van der Waals surface area contributed by atoms with Gasteiger partial charge in [-0.05, 0) is 52.2 Å². The van der Waals surface area contributed by atoms with Crippen molar-refractivity contribution in [2.75, 3.05) is 31.1 Å². The summed E-state index contributed by atoms with van der Waals surface area (Å²) in [5.41, 5.74) is 1.72. The van der Waals surface area contributed by atoms with Crippen molar-refractivity contribution in [1.29, 1.82) is 0 Å². The summed E-state index contributed by atoms with van der Waals surface area (Å²) in [5, 5.41) is 0.542. The molecule has 148 valence electrons. The van der Waals surface area contributed by atoms with E-state index in [-0.39, 0.29) is 6.09 Å². The van der Waals surface area contributed by atoms with Crippen molar-refractivity contribution < 1.29 is 14.3 Å². The number of halogens is 1. The van der Waals surface area contributed by atoms with Crippen LogP contribution in [0.5, 0.6) is 0 Å². The SMILES string of the molecule is CC(C)(C)OC(=O)N1CCC(c2cc(N3CC4CC3CO4)cc(Cl)n2)CC1. The molecule has 0 spiro atoms. The van der Waals surface area contributed by atoms with E-state index in [1.165, 1.54) is 0 Å². The Morgan fingerprint density at radius 1 is 1.30 bits per heavy atom. The third kappa shape index (κ3) is 4.16. The van der Waals surface area contributed by atoms with Crippen LogP contribution in [0.4, 0.5) is 10.5 Å². The number of hydrogen-bond donors (Lipinski definition) is 0. The molecule has 3 aliphatic heterocycles. The molecule has 3 aliphatic rings. The Balaban J connectivity index is 1.42. The summed E-state index contributed by atoms with van der Waals surface area (Å²) in [5.74, 6) is 0.317. The van der Waals surface area contributed by atoms with Gasteiger partial charge < -0.3 is 19.3 Å². The summed E-state index contributed by atoms with van der Waals surface area (Å²) in [6.07, 6.45) is 2.97. The molecule has 1 aromatic heterocycles. The van der Waals surface area contributed by atoms with Gasteiger partial charge >= 0.3 is 6.09 Å². The minimum atomic E-state index is -0.462. The second kappa shape index (κ2) is 7.13. The number of carbonyl (C=O) groups excluding carboxylic acids is 1. The van der Waals surface area contributed by atoms with Gasteiger partial charge in [-0.3, -0.25) is 0 Å². The first kappa shape index (κ1) is 18.8. The van der Waals surface area contributed by atoms with Crippen molar-refractivity contribution in [3.63, 3.8) is 0 Å². The number of likely N-dealkylation sites (tertiary alicyclic amines) is 1. The van der Waals surface area contributed by atoms with Crippen LogP contribution in [-0.4, -0.2) is 60.0 Å². The standard InChI is InChI=1S/C20H28ClN3O3/c1-20(2,3)27-19(25)23-6-4-13(5-7-23)17-9-14(10-18(21)22-17)24-11-16-8-15(24)12-26-16/h9-10,13,15-16H,4-8,11-12H2,1-3H3. The van der Waals surface area contributed by atoms with Crippen LogP contribution in [0.25, 0.3) is 0 Å². The summed E-state index contributed by atoms with van der Waals surface area (Å²) < 4.78 is 11.2. The van der Waals surface area contributed by atoms with Gasteiger partial charge in [0.15, 0.2) is 0 Å². The maximum absolute atomic E-state index is 12.3. The Bertz CT molecular complexity index is 713. The molecule has 3 saturated heterocycles. The van der Waals surface area contributed by atoms with Crippen molar-refractivity contribution in [3.8, 4) is 0 Å². The fourth-order valence-electron chi connectivity index (χ4n) is 4.28. The van der Waals surface area contributed by atoms with Gasteiger partial charge in [0.05, 0.1) is 18.8 Å². The molecule has 0 N–H and O–H groups in total. The van der Waals surface area contributed by atoms with Crippen LogP contribution in [0.1, 0.15) is 51.6 Å². The van der Waals surface area contributed by atoms with Crippen LogP contribution in [0.15, 0.2) is 12.1 Å². The number of carbonyl (C=O) groups is 1. The lowest BCUT2D eigenvalue weighted by Crippen LogP contribution is -2.41. The monoisotopic (exact) mass is 393 g/mol. The van der Waals surface area contributed by atoms with E-state index in [0.29, 0.717) is 36.3 Å². The molecule has 4 heterocycles. The van der Waals surface area contributed by atoms with Crippen LogP contribution < -0.4 is 4.90 Å². The molecule has 0 radical (unpaired) electrons. The first-order valence-electron chi connectivity index (χ1n) is 9.82. The number of fused-ring (bicyclic) bond motifs is 2. The number of anilines is 1. The molecular weight excluding hydrogens is 366 g/mol. The summed E-state index contributed by atoms with van der Waals surface area (Å²) in [7, 11) is 0. The Morgan fingerprint density at radius 3 is 2.63 bits per heavy atom. The van der Waals surface area contributed by atoms with Gasteiger partial charge in [-0.15, -0.1) is 0 Å². The molecule has 4 rings (SSSR count). The predicted octanol–water partition coefficient (Wildman–Crippen LogP) is 3.83. The maximum atomic E-state index is 12.3. The first-order chi connectivity index (χ1) is 12.8. The van der Waals surface area contributed by atoms with Crippen molar-refractivity contribution in [2.45, 2.75) is 63.7 Å². The van der Waals surface area contributed by atoms with Gasteiger partial charge in [0.1, 0.15) is 10.8 Å². The lowest BCUT2D eigenvalue weighted by Gasteiger charge is -2.34. The van der Waals surface area contributed by atoms with Crippen LogP contribution in [0.2, 0.25) is 5.15 Å². The number of ether oxygens (including phenoxy) is 2. The molecule has 0 saturated carbocycles. The third-order valence-electron chi connectivity index (χ3n) is 5.60. The number of morpholine rings is 1. The Hall–Kier alpha value is -1.53. The maximum Gasteiger partial charge on any atom is 0.410 e. The fraction of sp³-hybridized carbons (Fsp3) is 0.700. The van der Waals surface area contributed by atoms with Crippen LogP contribution >= 0.6 is 11.6 Å². The molecular formula is C20H28ClN3O3. The van der Waals surface area contributed by atoms with E-state index in [2.05, 4.69) is 16.0 Å². The largest absolute Gasteiger partial charge is 0.444 e. The molecule has 2 bridgehead atoms. The van der Waals surface area contributed by atoms with E-state index in [4.69, 9.17) is 21.1 Å². The summed E-state index contributed by atoms with van der Waals surface area (Å²) in [4.78, 5) is 21.1. The molecule has 27 heavy (non-hydrogen) atoms.